The van der Waals surface area contributed by atoms with Crippen LogP contribution in [0.3, 0.4) is 0 Å². The van der Waals surface area contributed by atoms with Gasteiger partial charge in [-0.15, -0.1) is 0 Å². The molecule has 0 fully saturated rings. The fourth-order valence-electron chi connectivity index (χ4n) is 1.59. The van der Waals surface area contributed by atoms with Crippen molar-refractivity contribution in [3.63, 3.8) is 0 Å². The van der Waals surface area contributed by atoms with E-state index in [1.807, 2.05) is 0 Å². The van der Waals surface area contributed by atoms with Gasteiger partial charge >= 0.3 is 6.09 Å². The number of benzene rings is 1. The Labute approximate surface area is 116 Å². The second-order valence-corrected chi connectivity index (χ2v) is 5.27. The van der Waals surface area contributed by atoms with Gasteiger partial charge in [0.2, 0.25) is 0 Å². The lowest BCUT2D eigenvalue weighted by Crippen LogP contribution is -2.35. The standard InChI is InChI=1S/C14H17F2NO3/c1-14(2,3)20-13(19)17-12(6-7-18)10-8-9(15)4-5-11(10)16/h4-5,7-8,12H,6H2,1-3H3,(H,17,19)/t12-/m0/s1. The van der Waals surface area contributed by atoms with Crippen LogP contribution in [0.2, 0.25) is 0 Å². The van der Waals surface area contributed by atoms with E-state index in [9.17, 15) is 18.4 Å². The van der Waals surface area contributed by atoms with Gasteiger partial charge < -0.3 is 14.8 Å². The first-order valence-electron chi connectivity index (χ1n) is 6.11. The molecule has 1 amide bonds. The van der Waals surface area contributed by atoms with Gasteiger partial charge in [0.25, 0.3) is 0 Å². The number of halogens is 2. The van der Waals surface area contributed by atoms with Crippen molar-refractivity contribution >= 4 is 12.4 Å². The molecule has 4 nitrogen and oxygen atoms in total. The van der Waals surface area contributed by atoms with Crippen LogP contribution in [-0.4, -0.2) is 18.0 Å². The molecule has 0 aliphatic rings. The third-order valence-electron chi connectivity index (χ3n) is 2.36. The first kappa shape index (κ1) is 16.1. The van der Waals surface area contributed by atoms with E-state index in [4.69, 9.17) is 4.74 Å². The van der Waals surface area contributed by atoms with Gasteiger partial charge in [-0.3, -0.25) is 0 Å². The minimum absolute atomic E-state index is 0.0945. The fourth-order valence-corrected chi connectivity index (χ4v) is 1.59. The van der Waals surface area contributed by atoms with Crippen molar-refractivity contribution in [3.8, 4) is 0 Å². The fraction of sp³-hybridized carbons (Fsp3) is 0.429. The van der Waals surface area contributed by atoms with Crippen LogP contribution in [0.4, 0.5) is 13.6 Å². The Hall–Kier alpha value is -1.98. The normalized spacial score (nSPS) is 12.7. The molecule has 20 heavy (non-hydrogen) atoms. The molecule has 0 aliphatic carbocycles. The van der Waals surface area contributed by atoms with E-state index in [2.05, 4.69) is 5.32 Å². The lowest BCUT2D eigenvalue weighted by Gasteiger charge is -2.23. The summed E-state index contributed by atoms with van der Waals surface area (Å²) in [7, 11) is 0. The van der Waals surface area contributed by atoms with Gasteiger partial charge in [0.1, 0.15) is 23.5 Å². The van der Waals surface area contributed by atoms with Crippen LogP contribution in [0, 0.1) is 11.6 Å². The summed E-state index contributed by atoms with van der Waals surface area (Å²) in [6.07, 6.45) is -0.459. The third kappa shape index (κ3) is 4.95. The Morgan fingerprint density at radius 3 is 2.60 bits per heavy atom. The minimum atomic E-state index is -0.974. The smallest absolute Gasteiger partial charge is 0.408 e. The SMILES string of the molecule is CC(C)(C)OC(=O)N[C@@H](CC=O)c1cc(F)ccc1F. The summed E-state index contributed by atoms with van der Waals surface area (Å²) in [5, 5.41) is 2.36. The van der Waals surface area contributed by atoms with Crippen molar-refractivity contribution in [3.05, 3.63) is 35.4 Å². The van der Waals surface area contributed by atoms with Gasteiger partial charge in [0, 0.05) is 12.0 Å². The highest BCUT2D eigenvalue weighted by Gasteiger charge is 2.22. The number of nitrogens with one attached hydrogen (secondary N) is 1. The summed E-state index contributed by atoms with van der Waals surface area (Å²) in [4.78, 5) is 22.3. The summed E-state index contributed by atoms with van der Waals surface area (Å²) >= 11 is 0. The molecule has 0 saturated heterocycles. The van der Waals surface area contributed by atoms with E-state index < -0.39 is 29.4 Å². The maximum atomic E-state index is 13.7. The summed E-state index contributed by atoms with van der Waals surface area (Å²) in [6, 6.07) is 1.88. The Balaban J connectivity index is 2.91. The monoisotopic (exact) mass is 285 g/mol. The van der Waals surface area contributed by atoms with Crippen molar-refractivity contribution in [1.82, 2.24) is 5.32 Å². The zero-order valence-corrected chi connectivity index (χ0v) is 11.6. The number of amides is 1. The Kier molecular flexibility index (Phi) is 5.19. The zero-order valence-electron chi connectivity index (χ0n) is 11.6. The highest BCUT2D eigenvalue weighted by molar-refractivity contribution is 5.69. The van der Waals surface area contributed by atoms with Crippen LogP contribution in [0.15, 0.2) is 18.2 Å². The molecule has 6 heteroatoms. The maximum Gasteiger partial charge on any atom is 0.408 e. The average Bonchev–Trinajstić information content (AvgIpc) is 2.29. The molecule has 1 aromatic carbocycles. The summed E-state index contributed by atoms with van der Waals surface area (Å²) in [5.41, 5.74) is -0.820. The number of hydrogen-bond donors (Lipinski definition) is 1. The number of alkyl carbamates (subject to hydrolysis) is 1. The second kappa shape index (κ2) is 6.45. The number of carbonyl (C=O) groups is 2. The number of rotatable bonds is 4. The van der Waals surface area contributed by atoms with Crippen LogP contribution >= 0.6 is 0 Å². The molecule has 0 saturated carbocycles. The third-order valence-corrected chi connectivity index (χ3v) is 2.36. The minimum Gasteiger partial charge on any atom is -0.444 e. The molecule has 0 unspecified atom stereocenters. The molecule has 0 spiro atoms. The summed E-state index contributed by atoms with van der Waals surface area (Å²) in [5.74, 6) is -1.35. The number of aldehydes is 1. The van der Waals surface area contributed by atoms with Crippen molar-refractivity contribution in [1.29, 1.82) is 0 Å². The lowest BCUT2D eigenvalue weighted by atomic mass is 10.0. The summed E-state index contributed by atoms with van der Waals surface area (Å²) in [6.45, 7) is 5.01. The van der Waals surface area contributed by atoms with Gasteiger partial charge in [-0.1, -0.05) is 0 Å². The predicted octanol–water partition coefficient (Wildman–Crippen LogP) is 3.12. The number of hydrogen-bond acceptors (Lipinski definition) is 3. The predicted molar refractivity (Wildman–Crippen MR) is 69.1 cm³/mol. The molecule has 1 aromatic rings. The molecule has 110 valence electrons. The molecule has 1 rings (SSSR count). The van der Waals surface area contributed by atoms with Crippen molar-refractivity contribution < 1.29 is 23.1 Å². The van der Waals surface area contributed by atoms with E-state index in [1.54, 1.807) is 20.8 Å². The number of carbonyl (C=O) groups excluding carboxylic acids is 2. The topological polar surface area (TPSA) is 55.4 Å². The first-order chi connectivity index (χ1) is 9.23. The van der Waals surface area contributed by atoms with Gasteiger partial charge in [-0.25, -0.2) is 13.6 Å². The molecule has 0 aromatic heterocycles. The highest BCUT2D eigenvalue weighted by Crippen LogP contribution is 2.21. The van der Waals surface area contributed by atoms with Crippen molar-refractivity contribution in [2.24, 2.45) is 0 Å². The van der Waals surface area contributed by atoms with E-state index in [0.29, 0.717) is 6.29 Å². The Morgan fingerprint density at radius 1 is 1.40 bits per heavy atom. The van der Waals surface area contributed by atoms with E-state index in [-0.39, 0.29) is 12.0 Å². The molecule has 1 atom stereocenters. The van der Waals surface area contributed by atoms with Gasteiger partial charge in [-0.05, 0) is 39.0 Å². The highest BCUT2D eigenvalue weighted by atomic mass is 19.1. The van der Waals surface area contributed by atoms with Crippen LogP contribution in [0.5, 0.6) is 0 Å². The molecule has 0 heterocycles. The first-order valence-corrected chi connectivity index (χ1v) is 6.11. The van der Waals surface area contributed by atoms with Crippen LogP contribution < -0.4 is 5.32 Å². The largest absolute Gasteiger partial charge is 0.444 e. The van der Waals surface area contributed by atoms with Crippen molar-refractivity contribution in [2.45, 2.75) is 38.8 Å². The van der Waals surface area contributed by atoms with Gasteiger partial charge in [-0.2, -0.15) is 0 Å². The van der Waals surface area contributed by atoms with Crippen molar-refractivity contribution in [2.75, 3.05) is 0 Å². The van der Waals surface area contributed by atoms with Crippen LogP contribution in [-0.2, 0) is 9.53 Å². The van der Waals surface area contributed by atoms with E-state index in [1.165, 1.54) is 0 Å². The number of ether oxygens (including phenoxy) is 1. The maximum absolute atomic E-state index is 13.7. The van der Waals surface area contributed by atoms with Crippen LogP contribution in [0.25, 0.3) is 0 Å². The Bertz CT molecular complexity index is 498. The van der Waals surface area contributed by atoms with Crippen LogP contribution in [0.1, 0.15) is 38.8 Å². The molecule has 0 bridgehead atoms. The quantitative estimate of drug-likeness (QED) is 0.865. The van der Waals surface area contributed by atoms with E-state index in [0.717, 1.165) is 18.2 Å². The average molecular weight is 285 g/mol. The van der Waals surface area contributed by atoms with E-state index >= 15 is 0 Å². The molecule has 1 N–H and O–H groups in total. The summed E-state index contributed by atoms with van der Waals surface area (Å²) < 4.78 is 31.8. The molecular weight excluding hydrogens is 268 g/mol. The molecule has 0 aliphatic heterocycles. The van der Waals surface area contributed by atoms with Gasteiger partial charge in [0.15, 0.2) is 0 Å². The Morgan fingerprint density at radius 2 is 2.05 bits per heavy atom. The zero-order chi connectivity index (χ0) is 15.3. The molecular formula is C14H17F2NO3. The van der Waals surface area contributed by atoms with Gasteiger partial charge in [0.05, 0.1) is 6.04 Å². The molecule has 0 radical (unpaired) electrons. The second-order valence-electron chi connectivity index (χ2n) is 5.27. The lowest BCUT2D eigenvalue weighted by molar-refractivity contribution is -0.108.